The Kier molecular flexibility index (Phi) is 6.34. The number of halogens is 2. The van der Waals surface area contributed by atoms with Gasteiger partial charge in [-0.05, 0) is 48.5 Å². The van der Waals surface area contributed by atoms with Gasteiger partial charge in [0.15, 0.2) is 0 Å². The molecule has 0 fully saturated rings. The Hall–Kier alpha value is -1.22. The lowest BCUT2D eigenvalue weighted by atomic mass is 10.3. The van der Waals surface area contributed by atoms with Gasteiger partial charge in [-0.3, -0.25) is 4.79 Å². The second kappa shape index (κ2) is 8.05. The highest BCUT2D eigenvalue weighted by Crippen LogP contribution is 2.15. The Morgan fingerprint density at radius 3 is 2.00 bits per heavy atom. The van der Waals surface area contributed by atoms with Crippen LogP contribution in [0, 0.1) is 0 Å². The molecule has 0 bridgehead atoms. The average molecular weight is 462 g/mol. The van der Waals surface area contributed by atoms with Crippen LogP contribution < -0.4 is 10.0 Å². The van der Waals surface area contributed by atoms with E-state index in [1.54, 1.807) is 24.3 Å². The van der Waals surface area contributed by atoms with Crippen molar-refractivity contribution in [3.63, 3.8) is 0 Å². The fourth-order valence-electron chi connectivity index (χ4n) is 1.75. The average Bonchev–Trinajstić information content (AvgIpc) is 2.50. The minimum Gasteiger partial charge on any atom is -0.326 e. The van der Waals surface area contributed by atoms with Crippen molar-refractivity contribution in [2.24, 2.45) is 0 Å². The molecule has 0 unspecified atom stereocenters. The first-order valence-electron chi connectivity index (χ1n) is 6.67. The molecule has 23 heavy (non-hydrogen) atoms. The highest BCUT2D eigenvalue weighted by atomic mass is 79.9. The summed E-state index contributed by atoms with van der Waals surface area (Å²) in [6.07, 6.45) is 0.0474. The molecule has 0 radical (unpaired) electrons. The Morgan fingerprint density at radius 2 is 1.43 bits per heavy atom. The second-order valence-electron chi connectivity index (χ2n) is 4.66. The number of rotatable bonds is 6. The number of hydrogen-bond donors (Lipinski definition) is 2. The molecule has 122 valence electrons. The molecule has 8 heteroatoms. The molecule has 5 nitrogen and oxygen atoms in total. The van der Waals surface area contributed by atoms with Crippen LogP contribution in [-0.4, -0.2) is 20.9 Å². The zero-order chi connectivity index (χ0) is 16.9. The lowest BCUT2D eigenvalue weighted by Crippen LogP contribution is -2.27. The molecular formula is C15H14Br2N2O3S. The van der Waals surface area contributed by atoms with Crippen molar-refractivity contribution in [3.05, 3.63) is 57.5 Å². The number of hydrogen-bond acceptors (Lipinski definition) is 3. The third kappa shape index (κ3) is 5.72. The predicted octanol–water partition coefficient (Wildman–Crippen LogP) is 3.52. The van der Waals surface area contributed by atoms with Gasteiger partial charge in [0.05, 0.1) is 4.90 Å². The summed E-state index contributed by atoms with van der Waals surface area (Å²) in [5.74, 6) is -0.258. The normalized spacial score (nSPS) is 11.2. The molecule has 1 amide bonds. The van der Waals surface area contributed by atoms with E-state index in [4.69, 9.17) is 0 Å². The second-order valence-corrected chi connectivity index (χ2v) is 8.26. The molecule has 2 aromatic carbocycles. The maximum absolute atomic E-state index is 12.1. The quantitative estimate of drug-likeness (QED) is 0.690. The number of amides is 1. The molecule has 0 aliphatic carbocycles. The molecule has 0 spiro atoms. The van der Waals surface area contributed by atoms with Crippen molar-refractivity contribution in [3.8, 4) is 0 Å². The van der Waals surface area contributed by atoms with Gasteiger partial charge >= 0.3 is 0 Å². The van der Waals surface area contributed by atoms with Gasteiger partial charge in [-0.2, -0.15) is 0 Å². The van der Waals surface area contributed by atoms with E-state index in [1.807, 2.05) is 12.1 Å². The van der Waals surface area contributed by atoms with Crippen LogP contribution in [0.3, 0.4) is 0 Å². The Morgan fingerprint density at radius 1 is 0.913 bits per heavy atom. The molecule has 2 aromatic rings. The van der Waals surface area contributed by atoms with E-state index in [0.717, 1.165) is 8.95 Å². The third-order valence-electron chi connectivity index (χ3n) is 2.90. The summed E-state index contributed by atoms with van der Waals surface area (Å²) in [6.45, 7) is 0.0285. The summed E-state index contributed by atoms with van der Waals surface area (Å²) in [5.41, 5.74) is 0.661. The zero-order valence-corrected chi connectivity index (χ0v) is 15.9. The van der Waals surface area contributed by atoms with Crippen LogP contribution in [-0.2, 0) is 14.8 Å². The first-order valence-corrected chi connectivity index (χ1v) is 9.74. The van der Waals surface area contributed by atoms with Crippen molar-refractivity contribution < 1.29 is 13.2 Å². The Bertz CT molecular complexity index is 775. The van der Waals surface area contributed by atoms with E-state index >= 15 is 0 Å². The summed E-state index contributed by atoms with van der Waals surface area (Å²) >= 11 is 6.56. The number of carbonyl (C=O) groups excluding carboxylic acids is 1. The van der Waals surface area contributed by atoms with Crippen molar-refractivity contribution in [2.75, 3.05) is 11.9 Å². The minimum absolute atomic E-state index is 0.0285. The van der Waals surface area contributed by atoms with E-state index in [-0.39, 0.29) is 23.8 Å². The summed E-state index contributed by atoms with van der Waals surface area (Å²) in [6, 6.07) is 13.4. The molecule has 0 aliphatic heterocycles. The standard InChI is InChI=1S/C15H14Br2N2O3S/c16-11-1-5-13(6-2-11)19-15(20)9-10-18-23(21,22)14-7-3-12(17)4-8-14/h1-8,18H,9-10H2,(H,19,20). The van der Waals surface area contributed by atoms with E-state index in [2.05, 4.69) is 41.9 Å². The zero-order valence-electron chi connectivity index (χ0n) is 11.9. The molecule has 0 aromatic heterocycles. The molecule has 2 N–H and O–H groups in total. The summed E-state index contributed by atoms with van der Waals surface area (Å²) in [7, 11) is -3.61. The van der Waals surface area contributed by atoms with E-state index in [9.17, 15) is 13.2 Å². The van der Waals surface area contributed by atoms with Gasteiger partial charge < -0.3 is 5.32 Å². The SMILES string of the molecule is O=C(CCNS(=O)(=O)c1ccc(Br)cc1)Nc1ccc(Br)cc1. The van der Waals surface area contributed by atoms with Gasteiger partial charge in [-0.15, -0.1) is 0 Å². The van der Waals surface area contributed by atoms with Gasteiger partial charge in [0.1, 0.15) is 0 Å². The van der Waals surface area contributed by atoms with Gasteiger partial charge in [0, 0.05) is 27.6 Å². The lowest BCUT2D eigenvalue weighted by molar-refractivity contribution is -0.116. The van der Waals surface area contributed by atoms with Crippen molar-refractivity contribution >= 4 is 53.5 Å². The number of nitrogens with one attached hydrogen (secondary N) is 2. The van der Waals surface area contributed by atoms with E-state index in [0.29, 0.717) is 5.69 Å². The summed E-state index contributed by atoms with van der Waals surface area (Å²) in [4.78, 5) is 12.0. The first-order chi connectivity index (χ1) is 10.9. The lowest BCUT2D eigenvalue weighted by Gasteiger charge is -2.08. The molecule has 0 atom stereocenters. The minimum atomic E-state index is -3.61. The fourth-order valence-corrected chi connectivity index (χ4v) is 3.31. The van der Waals surface area contributed by atoms with Crippen molar-refractivity contribution in [1.29, 1.82) is 0 Å². The summed E-state index contributed by atoms with van der Waals surface area (Å²) < 4.78 is 28.2. The topological polar surface area (TPSA) is 75.3 Å². The van der Waals surface area contributed by atoms with Crippen LogP contribution in [0.4, 0.5) is 5.69 Å². The van der Waals surface area contributed by atoms with Crippen LogP contribution in [0.15, 0.2) is 62.4 Å². The smallest absolute Gasteiger partial charge is 0.240 e. The maximum atomic E-state index is 12.1. The molecule has 0 aliphatic rings. The van der Waals surface area contributed by atoms with Gasteiger partial charge in [-0.1, -0.05) is 31.9 Å². The van der Waals surface area contributed by atoms with Crippen LogP contribution in [0.1, 0.15) is 6.42 Å². The molecule has 2 rings (SSSR count). The molecule has 0 heterocycles. The van der Waals surface area contributed by atoms with Gasteiger partial charge in [0.2, 0.25) is 15.9 Å². The number of carbonyl (C=O) groups is 1. The molecule has 0 saturated heterocycles. The largest absolute Gasteiger partial charge is 0.326 e. The molecular weight excluding hydrogens is 448 g/mol. The molecule has 0 saturated carbocycles. The highest BCUT2D eigenvalue weighted by Gasteiger charge is 2.13. The van der Waals surface area contributed by atoms with Crippen LogP contribution in [0.5, 0.6) is 0 Å². The van der Waals surface area contributed by atoms with Crippen LogP contribution in [0.25, 0.3) is 0 Å². The Balaban J connectivity index is 1.85. The van der Waals surface area contributed by atoms with Gasteiger partial charge in [-0.25, -0.2) is 13.1 Å². The Labute approximate surface area is 151 Å². The van der Waals surface area contributed by atoms with Crippen molar-refractivity contribution in [2.45, 2.75) is 11.3 Å². The number of sulfonamides is 1. The number of benzene rings is 2. The fraction of sp³-hybridized carbons (Fsp3) is 0.133. The monoisotopic (exact) mass is 460 g/mol. The maximum Gasteiger partial charge on any atom is 0.240 e. The van der Waals surface area contributed by atoms with E-state index in [1.165, 1.54) is 12.1 Å². The van der Waals surface area contributed by atoms with Crippen LogP contribution in [0.2, 0.25) is 0 Å². The van der Waals surface area contributed by atoms with Crippen molar-refractivity contribution in [1.82, 2.24) is 4.72 Å². The third-order valence-corrected chi connectivity index (χ3v) is 5.43. The number of anilines is 1. The van der Waals surface area contributed by atoms with Gasteiger partial charge in [0.25, 0.3) is 0 Å². The highest BCUT2D eigenvalue weighted by molar-refractivity contribution is 9.10. The van der Waals surface area contributed by atoms with Crippen LogP contribution >= 0.6 is 31.9 Å². The summed E-state index contributed by atoms with van der Waals surface area (Å²) in [5, 5.41) is 2.70. The first kappa shape index (κ1) is 18.1. The van der Waals surface area contributed by atoms with E-state index < -0.39 is 10.0 Å². The predicted molar refractivity (Wildman–Crippen MR) is 96.7 cm³/mol.